The minimum Gasteiger partial charge on any atom is -0.489 e. The van der Waals surface area contributed by atoms with Gasteiger partial charge in [-0.2, -0.15) is 0 Å². The molecule has 2 aromatic carbocycles. The normalized spacial score (nSPS) is 10.3. The van der Waals surface area contributed by atoms with Crippen LogP contribution in [0.1, 0.15) is 11.1 Å². The summed E-state index contributed by atoms with van der Waals surface area (Å²) in [5, 5.41) is 9.62. The third-order valence-electron chi connectivity index (χ3n) is 2.55. The zero-order chi connectivity index (χ0) is 13.0. The number of halogens is 1. The summed E-state index contributed by atoms with van der Waals surface area (Å²) >= 11 is 6.05. The van der Waals surface area contributed by atoms with Crippen LogP contribution in [0.25, 0.3) is 0 Å². The second-order valence-electron chi connectivity index (χ2n) is 3.95. The van der Waals surface area contributed by atoms with Crippen LogP contribution in [0.4, 0.5) is 5.69 Å². The molecule has 18 heavy (non-hydrogen) atoms. The van der Waals surface area contributed by atoms with E-state index in [0.29, 0.717) is 23.1 Å². The molecular weight excluding hydrogens is 250 g/mol. The maximum Gasteiger partial charge on any atom is 0.120 e. The number of nitrogens with two attached hydrogens (primary N) is 1. The maximum absolute atomic E-state index is 9.03. The van der Waals surface area contributed by atoms with Gasteiger partial charge in [0.1, 0.15) is 12.4 Å². The quantitative estimate of drug-likeness (QED) is 0.834. The van der Waals surface area contributed by atoms with E-state index >= 15 is 0 Å². The Bertz CT molecular complexity index is 543. The first kappa shape index (κ1) is 12.7. The zero-order valence-corrected chi connectivity index (χ0v) is 10.5. The standard InChI is InChI=1S/C14H14ClNO2/c15-14-7-12(16)5-4-11(14)9-18-13-3-1-2-10(6-13)8-17/h1-7,17H,8-9,16H2. The Kier molecular flexibility index (Phi) is 4.07. The van der Waals surface area contributed by atoms with Gasteiger partial charge >= 0.3 is 0 Å². The molecule has 3 nitrogen and oxygen atoms in total. The van der Waals surface area contributed by atoms with Crippen molar-refractivity contribution in [1.82, 2.24) is 0 Å². The predicted molar refractivity (Wildman–Crippen MR) is 72.6 cm³/mol. The highest BCUT2D eigenvalue weighted by atomic mass is 35.5. The van der Waals surface area contributed by atoms with Crippen molar-refractivity contribution >= 4 is 17.3 Å². The van der Waals surface area contributed by atoms with E-state index in [2.05, 4.69) is 0 Å². The van der Waals surface area contributed by atoms with Crippen LogP contribution < -0.4 is 10.5 Å². The average Bonchev–Trinajstić information content (AvgIpc) is 2.38. The summed E-state index contributed by atoms with van der Waals surface area (Å²) < 4.78 is 5.62. The highest BCUT2D eigenvalue weighted by Crippen LogP contribution is 2.21. The molecule has 0 bridgehead atoms. The van der Waals surface area contributed by atoms with Crippen molar-refractivity contribution in [1.29, 1.82) is 0 Å². The number of aliphatic hydroxyl groups excluding tert-OH is 1. The average molecular weight is 264 g/mol. The van der Waals surface area contributed by atoms with E-state index < -0.39 is 0 Å². The van der Waals surface area contributed by atoms with Crippen molar-refractivity contribution in [2.75, 3.05) is 5.73 Å². The lowest BCUT2D eigenvalue weighted by molar-refractivity contribution is 0.278. The Balaban J connectivity index is 2.06. The van der Waals surface area contributed by atoms with Crippen molar-refractivity contribution < 1.29 is 9.84 Å². The molecule has 2 aromatic rings. The van der Waals surface area contributed by atoms with Gasteiger partial charge in [0.15, 0.2) is 0 Å². The largest absolute Gasteiger partial charge is 0.489 e. The summed E-state index contributed by atoms with van der Waals surface area (Å²) in [6, 6.07) is 12.6. The van der Waals surface area contributed by atoms with Crippen LogP contribution in [0.15, 0.2) is 42.5 Å². The van der Waals surface area contributed by atoms with E-state index in [9.17, 15) is 0 Å². The summed E-state index contributed by atoms with van der Waals surface area (Å²) in [7, 11) is 0. The number of hydrogen-bond donors (Lipinski definition) is 2. The topological polar surface area (TPSA) is 55.5 Å². The van der Waals surface area contributed by atoms with E-state index in [1.165, 1.54) is 0 Å². The minimum absolute atomic E-state index is 0.000172. The minimum atomic E-state index is -0.000172. The van der Waals surface area contributed by atoms with Gasteiger partial charge in [0.2, 0.25) is 0 Å². The molecule has 94 valence electrons. The monoisotopic (exact) mass is 263 g/mol. The summed E-state index contributed by atoms with van der Waals surface area (Å²) in [4.78, 5) is 0. The first-order chi connectivity index (χ1) is 8.69. The van der Waals surface area contributed by atoms with Crippen molar-refractivity contribution in [3.63, 3.8) is 0 Å². The molecular formula is C14H14ClNO2. The molecule has 0 atom stereocenters. The van der Waals surface area contributed by atoms with Crippen LogP contribution in [-0.2, 0) is 13.2 Å². The van der Waals surface area contributed by atoms with E-state index in [-0.39, 0.29) is 6.61 Å². The van der Waals surface area contributed by atoms with Gasteiger partial charge in [-0.25, -0.2) is 0 Å². The summed E-state index contributed by atoms with van der Waals surface area (Å²) in [6.07, 6.45) is 0. The van der Waals surface area contributed by atoms with Crippen molar-refractivity contribution in [3.05, 3.63) is 58.6 Å². The van der Waals surface area contributed by atoms with Crippen molar-refractivity contribution in [3.8, 4) is 5.75 Å². The first-order valence-electron chi connectivity index (χ1n) is 5.55. The molecule has 0 amide bonds. The van der Waals surface area contributed by atoms with Gasteiger partial charge in [0, 0.05) is 16.3 Å². The number of aliphatic hydroxyl groups is 1. The van der Waals surface area contributed by atoms with E-state index in [4.69, 9.17) is 27.2 Å². The Morgan fingerprint density at radius 3 is 2.72 bits per heavy atom. The van der Waals surface area contributed by atoms with Crippen LogP contribution in [0.5, 0.6) is 5.75 Å². The third-order valence-corrected chi connectivity index (χ3v) is 2.90. The molecule has 2 rings (SSSR count). The lowest BCUT2D eigenvalue weighted by Crippen LogP contribution is -1.97. The Hall–Kier alpha value is -1.71. The third kappa shape index (κ3) is 3.15. The highest BCUT2D eigenvalue weighted by Gasteiger charge is 2.02. The molecule has 0 radical (unpaired) electrons. The molecule has 0 saturated carbocycles. The second kappa shape index (κ2) is 5.76. The van der Waals surface area contributed by atoms with Gasteiger partial charge in [-0.05, 0) is 29.8 Å². The fourth-order valence-electron chi connectivity index (χ4n) is 1.58. The summed E-state index contributed by atoms with van der Waals surface area (Å²) in [5.41, 5.74) is 7.94. The lowest BCUT2D eigenvalue weighted by atomic mass is 10.2. The summed E-state index contributed by atoms with van der Waals surface area (Å²) in [5.74, 6) is 0.703. The molecule has 0 heterocycles. The molecule has 0 spiro atoms. The molecule has 0 aromatic heterocycles. The van der Waals surface area contributed by atoms with Gasteiger partial charge < -0.3 is 15.6 Å². The van der Waals surface area contributed by atoms with Crippen molar-refractivity contribution in [2.24, 2.45) is 0 Å². The molecule has 0 fully saturated rings. The van der Waals surface area contributed by atoms with E-state index in [1.807, 2.05) is 24.3 Å². The zero-order valence-electron chi connectivity index (χ0n) is 9.77. The number of benzene rings is 2. The first-order valence-corrected chi connectivity index (χ1v) is 5.93. The lowest BCUT2D eigenvalue weighted by Gasteiger charge is -2.09. The number of ether oxygens (including phenoxy) is 1. The summed E-state index contributed by atoms with van der Waals surface area (Å²) in [6.45, 7) is 0.369. The van der Waals surface area contributed by atoms with Crippen LogP contribution >= 0.6 is 11.6 Å². The molecule has 0 aliphatic carbocycles. The van der Waals surface area contributed by atoms with Gasteiger partial charge in [0.25, 0.3) is 0 Å². The Labute approximate surface area is 111 Å². The van der Waals surface area contributed by atoms with E-state index in [1.54, 1.807) is 18.2 Å². The van der Waals surface area contributed by atoms with Crippen LogP contribution in [0, 0.1) is 0 Å². The number of rotatable bonds is 4. The van der Waals surface area contributed by atoms with Gasteiger partial charge in [-0.15, -0.1) is 0 Å². The maximum atomic E-state index is 9.03. The predicted octanol–water partition coefficient (Wildman–Crippen LogP) is 2.99. The molecule has 0 aliphatic heterocycles. The number of anilines is 1. The fraction of sp³-hybridized carbons (Fsp3) is 0.143. The molecule has 4 heteroatoms. The van der Waals surface area contributed by atoms with Gasteiger partial charge in [-0.1, -0.05) is 29.8 Å². The van der Waals surface area contributed by atoms with Crippen molar-refractivity contribution in [2.45, 2.75) is 13.2 Å². The van der Waals surface area contributed by atoms with Crippen LogP contribution in [-0.4, -0.2) is 5.11 Å². The van der Waals surface area contributed by atoms with Gasteiger partial charge in [-0.3, -0.25) is 0 Å². The number of hydrogen-bond acceptors (Lipinski definition) is 3. The number of nitrogen functional groups attached to an aromatic ring is 1. The van der Waals surface area contributed by atoms with Gasteiger partial charge in [0.05, 0.1) is 6.61 Å². The molecule has 0 saturated heterocycles. The molecule has 0 aliphatic rings. The van der Waals surface area contributed by atoms with Crippen LogP contribution in [0.2, 0.25) is 5.02 Å². The highest BCUT2D eigenvalue weighted by molar-refractivity contribution is 6.31. The molecule has 0 unspecified atom stereocenters. The van der Waals surface area contributed by atoms with Crippen LogP contribution in [0.3, 0.4) is 0 Å². The SMILES string of the molecule is Nc1ccc(COc2cccc(CO)c2)c(Cl)c1. The Morgan fingerprint density at radius 1 is 1.17 bits per heavy atom. The molecule has 3 N–H and O–H groups in total. The second-order valence-corrected chi connectivity index (χ2v) is 4.35. The van der Waals surface area contributed by atoms with E-state index in [0.717, 1.165) is 11.1 Å². The Morgan fingerprint density at radius 2 is 2.00 bits per heavy atom. The smallest absolute Gasteiger partial charge is 0.120 e. The fourth-order valence-corrected chi connectivity index (χ4v) is 1.82.